The summed E-state index contributed by atoms with van der Waals surface area (Å²) in [5, 5.41) is 31.6. The van der Waals surface area contributed by atoms with Crippen LogP contribution in [0.15, 0.2) is 42.0 Å². The van der Waals surface area contributed by atoms with Gasteiger partial charge < -0.3 is 24.6 Å². The Kier molecular flexibility index (Phi) is 6.99. The minimum absolute atomic E-state index is 0.0464. The molecule has 1 aromatic rings. The molecule has 3 N–H and O–H groups in total. The van der Waals surface area contributed by atoms with Gasteiger partial charge in [0, 0.05) is 5.92 Å². The molecular formula is C33H47BO6. The summed E-state index contributed by atoms with van der Waals surface area (Å²) in [6.45, 7) is 10.5. The van der Waals surface area contributed by atoms with Gasteiger partial charge in [0.05, 0.1) is 29.5 Å². The molecule has 5 aliphatic rings. The summed E-state index contributed by atoms with van der Waals surface area (Å²) in [4.78, 5) is 13.5. The van der Waals surface area contributed by atoms with Crippen LogP contribution in [0.3, 0.4) is 0 Å². The molecule has 9 unspecified atom stereocenters. The molecule has 6 nitrogen and oxygen atoms in total. The maximum Gasteiger partial charge on any atom is 0.494 e. The molecule has 4 fully saturated rings. The molecule has 0 amide bonds. The van der Waals surface area contributed by atoms with Gasteiger partial charge in [0.2, 0.25) is 0 Å². The average Bonchev–Trinajstić information content (AvgIpc) is 3.42. The summed E-state index contributed by atoms with van der Waals surface area (Å²) in [6, 6.07) is 10.1. The first kappa shape index (κ1) is 28.6. The molecular weight excluding hydrogens is 503 g/mol. The van der Waals surface area contributed by atoms with E-state index in [4.69, 9.17) is 9.31 Å². The van der Waals surface area contributed by atoms with Crippen molar-refractivity contribution >= 4 is 18.4 Å². The molecule has 6 rings (SSSR count). The first-order valence-electron chi connectivity index (χ1n) is 15.5. The lowest BCUT2D eigenvalue weighted by Gasteiger charge is -2.58. The van der Waals surface area contributed by atoms with Crippen LogP contribution >= 0.6 is 0 Å². The Morgan fingerprint density at radius 3 is 2.38 bits per heavy atom. The third-order valence-corrected chi connectivity index (χ3v) is 12.0. The van der Waals surface area contributed by atoms with Gasteiger partial charge >= 0.3 is 7.12 Å². The fraction of sp³-hybridized carbons (Fsp3) is 0.727. The molecule has 218 valence electrons. The zero-order chi connectivity index (χ0) is 28.7. The zero-order valence-electron chi connectivity index (χ0n) is 24.8. The Balaban J connectivity index is 1.32. The minimum Gasteiger partial charge on any atom is -0.402 e. The van der Waals surface area contributed by atoms with Crippen LogP contribution in [0.4, 0.5) is 0 Å². The van der Waals surface area contributed by atoms with E-state index in [2.05, 4.69) is 32.9 Å². The zero-order valence-corrected chi connectivity index (χ0v) is 24.8. The normalized spacial score (nSPS) is 45.1. The topological polar surface area (TPSA) is 96.2 Å². The van der Waals surface area contributed by atoms with E-state index in [1.165, 1.54) is 5.57 Å². The van der Waals surface area contributed by atoms with E-state index in [1.54, 1.807) is 0 Å². The summed E-state index contributed by atoms with van der Waals surface area (Å²) in [6.07, 6.45) is 6.40. The molecule has 0 bridgehead atoms. The standard InChI is InChI=1S/C33H47BO6/c1-30(2,38)15-14-29-33(5,40-34(39-29)20-9-7-6-8-10-20)28-12-11-22-21-17-25(35)24-18-26(36)27(37)19-32(24,4)23(21)13-16-31(22,28)3/h6-10,17,22-24,26-29,36-38H,11-16,18-19H2,1-5H3/t22?,23?,24?,26?,27-,28?,29?,31?,32?,33?/m0/s1. The Morgan fingerprint density at radius 1 is 0.975 bits per heavy atom. The third kappa shape index (κ3) is 4.46. The highest BCUT2D eigenvalue weighted by atomic mass is 16.7. The second kappa shape index (κ2) is 9.77. The number of carbonyl (C=O) groups is 1. The number of hydrogen-bond acceptors (Lipinski definition) is 6. The van der Waals surface area contributed by atoms with Gasteiger partial charge in [0.25, 0.3) is 0 Å². The number of rotatable bonds is 5. The smallest absolute Gasteiger partial charge is 0.402 e. The van der Waals surface area contributed by atoms with E-state index >= 15 is 0 Å². The molecule has 10 atom stereocenters. The number of benzene rings is 1. The summed E-state index contributed by atoms with van der Waals surface area (Å²) in [5.74, 6) is 0.694. The number of fused-ring (bicyclic) bond motifs is 5. The molecule has 40 heavy (non-hydrogen) atoms. The first-order chi connectivity index (χ1) is 18.8. The number of hydrogen-bond donors (Lipinski definition) is 3. The number of aliphatic hydroxyl groups excluding tert-OH is 2. The van der Waals surface area contributed by atoms with Crippen molar-refractivity contribution in [1.29, 1.82) is 0 Å². The van der Waals surface area contributed by atoms with Crippen molar-refractivity contribution in [3.8, 4) is 0 Å². The van der Waals surface area contributed by atoms with Gasteiger partial charge in [-0.05, 0) is 112 Å². The molecule has 7 heteroatoms. The van der Waals surface area contributed by atoms with Crippen molar-refractivity contribution in [3.63, 3.8) is 0 Å². The highest BCUT2D eigenvalue weighted by Crippen LogP contribution is 2.68. The summed E-state index contributed by atoms with van der Waals surface area (Å²) in [7, 11) is -0.442. The highest BCUT2D eigenvalue weighted by molar-refractivity contribution is 6.62. The maximum atomic E-state index is 13.5. The van der Waals surface area contributed by atoms with Crippen molar-refractivity contribution in [1.82, 2.24) is 0 Å². The lowest BCUT2D eigenvalue weighted by molar-refractivity contribution is -0.144. The van der Waals surface area contributed by atoms with Gasteiger partial charge in [0.1, 0.15) is 0 Å². The predicted octanol–water partition coefficient (Wildman–Crippen LogP) is 4.20. The molecule has 0 radical (unpaired) electrons. The van der Waals surface area contributed by atoms with E-state index in [0.717, 1.165) is 31.1 Å². The number of ketones is 1. The molecule has 0 aromatic heterocycles. The lowest BCUT2D eigenvalue weighted by atomic mass is 9.47. The number of allylic oxidation sites excluding steroid dienone is 2. The number of carbonyl (C=O) groups excluding carboxylic acids is 1. The molecule has 1 saturated heterocycles. The van der Waals surface area contributed by atoms with Gasteiger partial charge in [-0.15, -0.1) is 0 Å². The molecule has 1 heterocycles. The van der Waals surface area contributed by atoms with Crippen LogP contribution in [0.25, 0.3) is 0 Å². The van der Waals surface area contributed by atoms with Crippen LogP contribution in [-0.4, -0.2) is 57.7 Å². The second-order valence-corrected chi connectivity index (χ2v) is 15.0. The van der Waals surface area contributed by atoms with Gasteiger partial charge in [-0.2, -0.15) is 0 Å². The minimum atomic E-state index is -0.820. The Labute approximate surface area is 239 Å². The van der Waals surface area contributed by atoms with Crippen molar-refractivity contribution < 1.29 is 29.4 Å². The van der Waals surface area contributed by atoms with Crippen LogP contribution in [0, 0.1) is 34.5 Å². The third-order valence-electron chi connectivity index (χ3n) is 12.0. The fourth-order valence-electron chi connectivity index (χ4n) is 9.86. The van der Waals surface area contributed by atoms with Crippen molar-refractivity contribution in [2.24, 2.45) is 34.5 Å². The SMILES string of the molecule is CC(C)(O)CCC1OB(c2ccccc2)OC1(C)C1CCC2C3=CC(=O)C4CC(O)[C@@H](O)CC4(C)C3CCC21C. The largest absolute Gasteiger partial charge is 0.494 e. The van der Waals surface area contributed by atoms with Crippen LogP contribution < -0.4 is 5.46 Å². The quantitative estimate of drug-likeness (QED) is 0.476. The molecule has 1 aromatic carbocycles. The highest BCUT2D eigenvalue weighted by Gasteiger charge is 2.65. The van der Waals surface area contributed by atoms with Gasteiger partial charge in [-0.1, -0.05) is 49.8 Å². The Morgan fingerprint density at radius 2 is 1.68 bits per heavy atom. The van der Waals surface area contributed by atoms with Crippen LogP contribution in [-0.2, 0) is 14.1 Å². The van der Waals surface area contributed by atoms with Gasteiger partial charge in [-0.3, -0.25) is 4.79 Å². The van der Waals surface area contributed by atoms with Crippen molar-refractivity contribution in [3.05, 3.63) is 42.0 Å². The van der Waals surface area contributed by atoms with E-state index in [1.807, 2.05) is 38.1 Å². The Hall–Kier alpha value is -1.51. The molecule has 3 saturated carbocycles. The fourth-order valence-corrected chi connectivity index (χ4v) is 9.86. The van der Waals surface area contributed by atoms with E-state index in [-0.39, 0.29) is 46.4 Å². The van der Waals surface area contributed by atoms with Gasteiger partial charge in [-0.25, -0.2) is 0 Å². The van der Waals surface area contributed by atoms with E-state index in [0.29, 0.717) is 25.7 Å². The molecule has 4 aliphatic carbocycles. The second-order valence-electron chi connectivity index (χ2n) is 15.0. The molecule has 1 aliphatic heterocycles. The average molecular weight is 551 g/mol. The van der Waals surface area contributed by atoms with Gasteiger partial charge in [0.15, 0.2) is 5.78 Å². The van der Waals surface area contributed by atoms with Crippen molar-refractivity contribution in [2.45, 2.75) is 115 Å². The first-order valence-corrected chi connectivity index (χ1v) is 15.5. The molecule has 0 spiro atoms. The van der Waals surface area contributed by atoms with E-state index < -0.39 is 30.5 Å². The summed E-state index contributed by atoms with van der Waals surface area (Å²) >= 11 is 0. The summed E-state index contributed by atoms with van der Waals surface area (Å²) < 4.78 is 13.6. The Bertz CT molecular complexity index is 1160. The van der Waals surface area contributed by atoms with Crippen LogP contribution in [0.5, 0.6) is 0 Å². The predicted molar refractivity (Wildman–Crippen MR) is 155 cm³/mol. The number of aliphatic hydroxyl groups is 3. The maximum absolute atomic E-state index is 13.5. The lowest BCUT2D eigenvalue weighted by Crippen LogP contribution is -2.57. The van der Waals surface area contributed by atoms with Crippen LogP contribution in [0.1, 0.15) is 86.0 Å². The van der Waals surface area contributed by atoms with Crippen molar-refractivity contribution in [2.75, 3.05) is 0 Å². The van der Waals surface area contributed by atoms with Crippen LogP contribution in [0.2, 0.25) is 0 Å². The van der Waals surface area contributed by atoms with E-state index in [9.17, 15) is 20.1 Å². The summed E-state index contributed by atoms with van der Waals surface area (Å²) in [5.41, 5.74) is 0.615. The monoisotopic (exact) mass is 550 g/mol.